The van der Waals surface area contributed by atoms with Crippen LogP contribution in [0.2, 0.25) is 0 Å². The highest BCUT2D eigenvalue weighted by Gasteiger charge is 2.20. The number of hydrogen-bond acceptors (Lipinski definition) is 3. The third-order valence-corrected chi connectivity index (χ3v) is 3.62. The van der Waals surface area contributed by atoms with Crippen molar-refractivity contribution < 1.29 is 9.53 Å². The van der Waals surface area contributed by atoms with Crippen molar-refractivity contribution in [3.8, 4) is 5.75 Å². The quantitative estimate of drug-likeness (QED) is 0.602. The summed E-state index contributed by atoms with van der Waals surface area (Å²) in [7, 11) is 0. The van der Waals surface area contributed by atoms with Gasteiger partial charge in [-0.25, -0.2) is 4.98 Å². The van der Waals surface area contributed by atoms with E-state index in [2.05, 4.69) is 41.7 Å². The van der Waals surface area contributed by atoms with Crippen LogP contribution < -0.4 is 4.74 Å². The summed E-state index contributed by atoms with van der Waals surface area (Å²) in [4.78, 5) is 15.8. The summed E-state index contributed by atoms with van der Waals surface area (Å²) >= 11 is 3.41. The summed E-state index contributed by atoms with van der Waals surface area (Å²) < 4.78 is 6.33. The topological polar surface area (TPSA) is 39.2 Å². The van der Waals surface area contributed by atoms with Crippen LogP contribution in [0.3, 0.4) is 0 Å². The number of halogens is 1. The zero-order chi connectivity index (χ0) is 15.5. The Morgan fingerprint density at radius 2 is 1.90 bits per heavy atom. The molecule has 0 aliphatic carbocycles. The predicted molar refractivity (Wildman–Crippen MR) is 86.8 cm³/mol. The molecule has 110 valence electrons. The standard InChI is InChI=1S/C17H18BrNO2/c1-17(2,3)14-9-13(10-20)15(16(18)19-14)21-11-12-7-5-4-6-8-12/h4-10H,11H2,1-3H3. The lowest BCUT2D eigenvalue weighted by atomic mass is 9.91. The molecule has 0 saturated carbocycles. The van der Waals surface area contributed by atoms with Gasteiger partial charge in [-0.05, 0) is 27.6 Å². The van der Waals surface area contributed by atoms with Gasteiger partial charge in [-0.3, -0.25) is 4.79 Å². The first-order chi connectivity index (χ1) is 9.91. The van der Waals surface area contributed by atoms with Gasteiger partial charge in [0, 0.05) is 11.1 Å². The Morgan fingerprint density at radius 3 is 2.48 bits per heavy atom. The number of rotatable bonds is 4. The number of nitrogens with zero attached hydrogens (tertiary/aromatic N) is 1. The van der Waals surface area contributed by atoms with Crippen LogP contribution in [0.15, 0.2) is 41.0 Å². The first kappa shape index (κ1) is 15.7. The van der Waals surface area contributed by atoms with E-state index in [9.17, 15) is 4.79 Å². The van der Waals surface area contributed by atoms with Crippen molar-refractivity contribution in [3.63, 3.8) is 0 Å². The maximum atomic E-state index is 11.3. The van der Waals surface area contributed by atoms with Crippen molar-refractivity contribution in [2.75, 3.05) is 0 Å². The highest BCUT2D eigenvalue weighted by Crippen LogP contribution is 2.32. The molecular weight excluding hydrogens is 330 g/mol. The van der Waals surface area contributed by atoms with Gasteiger partial charge in [0.05, 0.1) is 5.56 Å². The molecular formula is C17H18BrNO2. The third kappa shape index (κ3) is 3.91. The van der Waals surface area contributed by atoms with Crippen LogP contribution in [-0.4, -0.2) is 11.3 Å². The summed E-state index contributed by atoms with van der Waals surface area (Å²) in [6, 6.07) is 11.6. The molecule has 0 aliphatic rings. The van der Waals surface area contributed by atoms with Crippen LogP contribution in [0.5, 0.6) is 5.75 Å². The molecule has 0 unspecified atom stereocenters. The molecule has 0 amide bonds. The molecule has 2 rings (SSSR count). The van der Waals surface area contributed by atoms with Gasteiger partial charge in [-0.2, -0.15) is 0 Å². The van der Waals surface area contributed by atoms with Crippen molar-refractivity contribution in [3.05, 3.63) is 57.8 Å². The van der Waals surface area contributed by atoms with Gasteiger partial charge in [0.1, 0.15) is 11.2 Å². The molecule has 0 aliphatic heterocycles. The molecule has 0 bridgehead atoms. The minimum atomic E-state index is -0.127. The van der Waals surface area contributed by atoms with Crippen molar-refractivity contribution >= 4 is 22.2 Å². The van der Waals surface area contributed by atoms with E-state index >= 15 is 0 Å². The molecule has 21 heavy (non-hydrogen) atoms. The summed E-state index contributed by atoms with van der Waals surface area (Å²) in [5.41, 5.74) is 2.28. The van der Waals surface area contributed by atoms with Crippen molar-refractivity contribution in [1.82, 2.24) is 4.98 Å². The number of hydrogen-bond donors (Lipinski definition) is 0. The van der Waals surface area contributed by atoms with E-state index < -0.39 is 0 Å². The Hall–Kier alpha value is -1.68. The zero-order valence-electron chi connectivity index (χ0n) is 12.4. The fraction of sp³-hybridized carbons (Fsp3) is 0.294. The monoisotopic (exact) mass is 347 g/mol. The van der Waals surface area contributed by atoms with Crippen LogP contribution in [0, 0.1) is 0 Å². The zero-order valence-corrected chi connectivity index (χ0v) is 14.0. The number of aldehydes is 1. The molecule has 0 fully saturated rings. The highest BCUT2D eigenvalue weighted by atomic mass is 79.9. The normalized spacial score (nSPS) is 11.2. The molecule has 0 radical (unpaired) electrons. The van der Waals surface area contributed by atoms with E-state index in [1.54, 1.807) is 6.07 Å². The maximum Gasteiger partial charge on any atom is 0.163 e. The second kappa shape index (κ2) is 6.39. The second-order valence-electron chi connectivity index (χ2n) is 5.86. The van der Waals surface area contributed by atoms with Gasteiger partial charge in [0.2, 0.25) is 0 Å². The smallest absolute Gasteiger partial charge is 0.163 e. The van der Waals surface area contributed by atoms with Gasteiger partial charge < -0.3 is 4.74 Å². The highest BCUT2D eigenvalue weighted by molar-refractivity contribution is 9.10. The molecule has 3 nitrogen and oxygen atoms in total. The Bertz CT molecular complexity index is 633. The lowest BCUT2D eigenvalue weighted by molar-refractivity contribution is 0.111. The molecule has 4 heteroatoms. The van der Waals surface area contributed by atoms with Gasteiger partial charge in [-0.15, -0.1) is 0 Å². The van der Waals surface area contributed by atoms with Gasteiger partial charge in [0.25, 0.3) is 0 Å². The molecule has 1 aromatic carbocycles. The Morgan fingerprint density at radius 1 is 1.24 bits per heavy atom. The summed E-state index contributed by atoms with van der Waals surface area (Å²) in [6.45, 7) is 6.57. The Labute approximate surface area is 133 Å². The van der Waals surface area contributed by atoms with E-state index in [1.165, 1.54) is 0 Å². The first-order valence-electron chi connectivity index (χ1n) is 6.74. The molecule has 1 heterocycles. The number of carbonyl (C=O) groups excluding carboxylic acids is 1. The van der Waals surface area contributed by atoms with Crippen LogP contribution in [0.1, 0.15) is 42.4 Å². The first-order valence-corrected chi connectivity index (χ1v) is 7.54. The van der Waals surface area contributed by atoms with Gasteiger partial charge >= 0.3 is 0 Å². The van der Waals surface area contributed by atoms with Crippen LogP contribution >= 0.6 is 15.9 Å². The molecule has 1 aromatic heterocycles. The van der Waals surface area contributed by atoms with Crippen molar-refractivity contribution in [2.45, 2.75) is 32.8 Å². The third-order valence-electron chi connectivity index (χ3n) is 3.08. The molecule has 0 saturated heterocycles. The lowest BCUT2D eigenvalue weighted by Gasteiger charge is -2.20. The number of pyridine rings is 1. The predicted octanol–water partition coefficient (Wildman–Crippen LogP) is 4.53. The van der Waals surface area contributed by atoms with E-state index in [4.69, 9.17) is 4.74 Å². The molecule has 0 atom stereocenters. The van der Waals surface area contributed by atoms with E-state index in [-0.39, 0.29) is 5.41 Å². The molecule has 0 N–H and O–H groups in total. The average molecular weight is 348 g/mol. The summed E-state index contributed by atoms with van der Waals surface area (Å²) in [5.74, 6) is 0.488. The average Bonchev–Trinajstić information content (AvgIpc) is 2.45. The van der Waals surface area contributed by atoms with Crippen LogP contribution in [0.25, 0.3) is 0 Å². The number of benzene rings is 1. The van der Waals surface area contributed by atoms with Crippen LogP contribution in [0.4, 0.5) is 0 Å². The lowest BCUT2D eigenvalue weighted by Crippen LogP contribution is -2.15. The van der Waals surface area contributed by atoms with E-state index in [1.807, 2.05) is 30.3 Å². The Kier molecular flexibility index (Phi) is 4.78. The molecule has 2 aromatic rings. The number of carbonyl (C=O) groups is 1. The van der Waals surface area contributed by atoms with Crippen molar-refractivity contribution in [1.29, 1.82) is 0 Å². The maximum absolute atomic E-state index is 11.3. The van der Waals surface area contributed by atoms with Crippen LogP contribution in [-0.2, 0) is 12.0 Å². The SMILES string of the molecule is CC(C)(C)c1cc(C=O)c(OCc2ccccc2)c(Br)n1. The largest absolute Gasteiger partial charge is 0.485 e. The van der Waals surface area contributed by atoms with E-state index in [0.717, 1.165) is 17.5 Å². The minimum absolute atomic E-state index is 0.127. The fourth-order valence-corrected chi connectivity index (χ4v) is 2.40. The number of ether oxygens (including phenoxy) is 1. The number of aromatic nitrogens is 1. The second-order valence-corrected chi connectivity index (χ2v) is 6.61. The summed E-state index contributed by atoms with van der Waals surface area (Å²) in [5, 5.41) is 0. The van der Waals surface area contributed by atoms with E-state index in [0.29, 0.717) is 22.5 Å². The fourth-order valence-electron chi connectivity index (χ4n) is 1.87. The summed E-state index contributed by atoms with van der Waals surface area (Å²) in [6.07, 6.45) is 0.808. The van der Waals surface area contributed by atoms with Crippen molar-refractivity contribution in [2.24, 2.45) is 0 Å². The molecule has 0 spiro atoms. The Balaban J connectivity index is 2.29. The van der Waals surface area contributed by atoms with Gasteiger partial charge in [-0.1, -0.05) is 51.1 Å². The van der Waals surface area contributed by atoms with Gasteiger partial charge in [0.15, 0.2) is 12.0 Å². The minimum Gasteiger partial charge on any atom is -0.485 e.